The van der Waals surface area contributed by atoms with Gasteiger partial charge in [0.05, 0.1) is 23.6 Å². The van der Waals surface area contributed by atoms with E-state index in [0.717, 1.165) is 22.2 Å². The number of anilines is 1. The number of nitrogens with zero attached hydrogens (tertiary/aromatic N) is 2. The summed E-state index contributed by atoms with van der Waals surface area (Å²) in [5.74, 6) is 1.17. The summed E-state index contributed by atoms with van der Waals surface area (Å²) in [6.07, 6.45) is 0.898. The van der Waals surface area contributed by atoms with Gasteiger partial charge in [0.25, 0.3) is 5.91 Å². The van der Waals surface area contributed by atoms with E-state index in [1.165, 1.54) is 4.90 Å². The highest BCUT2D eigenvalue weighted by atomic mass is 79.9. The summed E-state index contributed by atoms with van der Waals surface area (Å²) in [6, 6.07) is 13.5. The van der Waals surface area contributed by atoms with Crippen LogP contribution in [-0.4, -0.2) is 17.7 Å². The molecule has 0 saturated carbocycles. The van der Waals surface area contributed by atoms with Crippen molar-refractivity contribution in [2.45, 2.75) is 26.3 Å². The Balaban J connectivity index is 1.72. The Hall–Kier alpha value is -3.39. The molecule has 0 spiro atoms. The first-order valence-corrected chi connectivity index (χ1v) is 11.0. The minimum Gasteiger partial charge on any atom is -0.494 e. The molecule has 8 heteroatoms. The molecule has 0 radical (unpaired) electrons. The summed E-state index contributed by atoms with van der Waals surface area (Å²) in [4.78, 5) is 28.4. The van der Waals surface area contributed by atoms with E-state index in [1.807, 2.05) is 31.2 Å². The fourth-order valence-corrected chi connectivity index (χ4v) is 4.29. The van der Waals surface area contributed by atoms with Crippen LogP contribution >= 0.6 is 15.9 Å². The molecule has 3 heterocycles. The van der Waals surface area contributed by atoms with E-state index < -0.39 is 11.9 Å². The zero-order valence-corrected chi connectivity index (χ0v) is 19.0. The van der Waals surface area contributed by atoms with Gasteiger partial charge in [-0.25, -0.2) is 0 Å². The van der Waals surface area contributed by atoms with Crippen molar-refractivity contribution in [3.8, 4) is 5.75 Å². The summed E-state index contributed by atoms with van der Waals surface area (Å²) >= 11 is 3.40. The Kier molecular flexibility index (Phi) is 5.09. The maximum Gasteiger partial charge on any atom is 0.296 e. The average Bonchev–Trinajstić information content (AvgIpc) is 3.34. The van der Waals surface area contributed by atoms with E-state index in [9.17, 15) is 9.59 Å². The molecule has 0 aliphatic carbocycles. The molecule has 162 valence electrons. The van der Waals surface area contributed by atoms with Crippen LogP contribution in [0.4, 0.5) is 5.82 Å². The van der Waals surface area contributed by atoms with Crippen LogP contribution in [0.5, 0.6) is 5.75 Å². The molecule has 7 nitrogen and oxygen atoms in total. The number of fused-ring (bicyclic) bond motifs is 2. The molecule has 2 aromatic heterocycles. The Morgan fingerprint density at radius 3 is 2.59 bits per heavy atom. The first-order valence-electron chi connectivity index (χ1n) is 10.2. The number of ether oxygens (including phenoxy) is 1. The van der Waals surface area contributed by atoms with Crippen molar-refractivity contribution >= 4 is 38.6 Å². The number of amides is 1. The Bertz CT molecular complexity index is 1390. The van der Waals surface area contributed by atoms with Gasteiger partial charge in [-0.05, 0) is 49.2 Å². The fraction of sp³-hybridized carbons (Fsp3) is 0.208. The van der Waals surface area contributed by atoms with E-state index in [0.29, 0.717) is 29.2 Å². The second kappa shape index (κ2) is 7.94. The maximum atomic E-state index is 13.6. The van der Waals surface area contributed by atoms with Gasteiger partial charge in [-0.3, -0.25) is 14.5 Å². The van der Waals surface area contributed by atoms with Gasteiger partial charge in [-0.1, -0.05) is 40.1 Å². The van der Waals surface area contributed by atoms with E-state index in [4.69, 9.17) is 13.7 Å². The first kappa shape index (κ1) is 20.5. The van der Waals surface area contributed by atoms with Crippen molar-refractivity contribution in [3.05, 3.63) is 85.9 Å². The van der Waals surface area contributed by atoms with Gasteiger partial charge < -0.3 is 13.7 Å². The molecule has 5 rings (SSSR count). The van der Waals surface area contributed by atoms with E-state index in [1.54, 1.807) is 31.2 Å². The number of rotatable bonds is 5. The third kappa shape index (κ3) is 3.31. The van der Waals surface area contributed by atoms with Crippen LogP contribution in [0.2, 0.25) is 0 Å². The molecule has 1 aliphatic heterocycles. The van der Waals surface area contributed by atoms with Crippen molar-refractivity contribution in [2.24, 2.45) is 0 Å². The van der Waals surface area contributed by atoms with Gasteiger partial charge in [0.2, 0.25) is 5.76 Å². The summed E-state index contributed by atoms with van der Waals surface area (Å²) < 4.78 is 17.6. The smallest absolute Gasteiger partial charge is 0.296 e. The first-order chi connectivity index (χ1) is 15.5. The highest BCUT2D eigenvalue weighted by Crippen LogP contribution is 2.41. The number of hydrogen-bond acceptors (Lipinski definition) is 6. The fourth-order valence-electron chi connectivity index (χ4n) is 3.93. The number of aromatic nitrogens is 1. The van der Waals surface area contributed by atoms with Crippen molar-refractivity contribution in [1.29, 1.82) is 0 Å². The van der Waals surface area contributed by atoms with Crippen LogP contribution in [0.1, 0.15) is 46.8 Å². The lowest BCUT2D eigenvalue weighted by atomic mass is 9.98. The van der Waals surface area contributed by atoms with Gasteiger partial charge in [0.1, 0.15) is 17.1 Å². The Morgan fingerprint density at radius 1 is 1.12 bits per heavy atom. The van der Waals surface area contributed by atoms with Crippen LogP contribution in [-0.2, 0) is 0 Å². The van der Waals surface area contributed by atoms with E-state index in [-0.39, 0.29) is 16.8 Å². The van der Waals surface area contributed by atoms with Gasteiger partial charge >= 0.3 is 0 Å². The third-order valence-electron chi connectivity index (χ3n) is 5.36. The molecule has 32 heavy (non-hydrogen) atoms. The summed E-state index contributed by atoms with van der Waals surface area (Å²) in [7, 11) is 0. The molecular formula is C24H19BrN2O5. The molecule has 0 bridgehead atoms. The molecular weight excluding hydrogens is 476 g/mol. The number of hydrogen-bond donors (Lipinski definition) is 0. The second-order valence-corrected chi connectivity index (χ2v) is 8.52. The molecule has 1 atom stereocenters. The summed E-state index contributed by atoms with van der Waals surface area (Å²) in [6.45, 7) is 4.39. The molecule has 1 aliphatic rings. The molecule has 1 amide bonds. The number of aryl methyl sites for hydroxylation is 1. The van der Waals surface area contributed by atoms with Crippen molar-refractivity contribution in [3.63, 3.8) is 0 Å². The Morgan fingerprint density at radius 2 is 1.91 bits per heavy atom. The van der Waals surface area contributed by atoms with Gasteiger partial charge in [-0.15, -0.1) is 0 Å². The van der Waals surface area contributed by atoms with Gasteiger partial charge in [0, 0.05) is 10.5 Å². The topological polar surface area (TPSA) is 85.8 Å². The molecule has 0 N–H and O–H groups in total. The summed E-state index contributed by atoms with van der Waals surface area (Å²) in [5, 5.41) is 4.43. The predicted molar refractivity (Wildman–Crippen MR) is 122 cm³/mol. The quantitative estimate of drug-likeness (QED) is 0.369. The number of benzene rings is 2. The van der Waals surface area contributed by atoms with Crippen molar-refractivity contribution in [2.75, 3.05) is 11.5 Å². The maximum absolute atomic E-state index is 13.6. The number of carbonyl (C=O) groups excluding carboxylic acids is 1. The highest BCUT2D eigenvalue weighted by Gasteiger charge is 2.44. The van der Waals surface area contributed by atoms with Crippen molar-refractivity contribution in [1.82, 2.24) is 5.16 Å². The molecule has 0 unspecified atom stereocenters. The minimum absolute atomic E-state index is 0.0155. The predicted octanol–water partition coefficient (Wildman–Crippen LogP) is 5.39. The SMILES string of the molecule is CCCOc1ccc([C@H]2c3c(oc4ccc(Br)cc4c3=O)C(=O)N2c2cc(C)on2)cc1. The van der Waals surface area contributed by atoms with Crippen LogP contribution in [0, 0.1) is 6.92 Å². The number of halogens is 1. The highest BCUT2D eigenvalue weighted by molar-refractivity contribution is 9.10. The lowest BCUT2D eigenvalue weighted by Gasteiger charge is -2.22. The van der Waals surface area contributed by atoms with E-state index >= 15 is 0 Å². The van der Waals surface area contributed by atoms with Crippen LogP contribution in [0.25, 0.3) is 11.0 Å². The molecule has 4 aromatic rings. The van der Waals surface area contributed by atoms with Gasteiger partial charge in [-0.2, -0.15) is 0 Å². The lowest BCUT2D eigenvalue weighted by Crippen LogP contribution is -2.29. The molecule has 0 fully saturated rings. The minimum atomic E-state index is -0.707. The van der Waals surface area contributed by atoms with Crippen LogP contribution < -0.4 is 15.1 Å². The average molecular weight is 495 g/mol. The molecule has 0 saturated heterocycles. The van der Waals surface area contributed by atoms with Crippen LogP contribution in [0.15, 0.2) is 66.7 Å². The Labute approximate surface area is 191 Å². The zero-order chi connectivity index (χ0) is 22.4. The van der Waals surface area contributed by atoms with Crippen LogP contribution in [0.3, 0.4) is 0 Å². The number of carbonyl (C=O) groups is 1. The largest absolute Gasteiger partial charge is 0.494 e. The molecule has 2 aromatic carbocycles. The zero-order valence-electron chi connectivity index (χ0n) is 17.4. The van der Waals surface area contributed by atoms with Crippen molar-refractivity contribution < 1.29 is 18.5 Å². The second-order valence-electron chi connectivity index (χ2n) is 7.61. The lowest BCUT2D eigenvalue weighted by molar-refractivity contribution is 0.0969. The van der Waals surface area contributed by atoms with E-state index in [2.05, 4.69) is 21.1 Å². The van der Waals surface area contributed by atoms with Gasteiger partial charge in [0.15, 0.2) is 11.2 Å². The summed E-state index contributed by atoms with van der Waals surface area (Å²) in [5.41, 5.74) is 1.12. The monoisotopic (exact) mass is 494 g/mol. The normalized spacial score (nSPS) is 15.4. The third-order valence-corrected chi connectivity index (χ3v) is 5.86. The standard InChI is InChI=1S/C24H19BrN2O5/c1-3-10-30-16-7-4-14(5-8-16)21-20-22(28)17-12-15(25)6-9-18(17)31-23(20)24(29)27(21)19-11-13(2)32-26-19/h4-9,11-12,21H,3,10H2,1-2H3/t21-/m0/s1.